The maximum absolute atomic E-state index is 12.5. The zero-order valence-electron chi connectivity index (χ0n) is 15.4. The third-order valence-corrected chi connectivity index (χ3v) is 4.59. The first-order chi connectivity index (χ1) is 12.6. The van der Waals surface area contributed by atoms with E-state index in [4.69, 9.17) is 9.47 Å². The Morgan fingerprint density at radius 3 is 2.58 bits per heavy atom. The van der Waals surface area contributed by atoms with Gasteiger partial charge in [-0.2, -0.15) is 0 Å². The number of ether oxygens (including phenoxy) is 2. The standard InChI is InChI=1S/C21H26N2O3/c1-16(2)17-5-7-18(8-6-17)25-15-21(24)23-13-3-4-20(14-23)26-19-9-11-22-12-10-19/h5-12,16,20H,3-4,13-15H2,1-2H3. The number of likely N-dealkylation sites (tertiary alicyclic amines) is 1. The molecule has 1 aliphatic rings. The number of nitrogens with zero attached hydrogens (tertiary/aromatic N) is 2. The quantitative estimate of drug-likeness (QED) is 0.794. The van der Waals surface area contributed by atoms with Gasteiger partial charge in [0.15, 0.2) is 6.61 Å². The van der Waals surface area contributed by atoms with Crippen molar-refractivity contribution >= 4 is 5.91 Å². The van der Waals surface area contributed by atoms with Gasteiger partial charge < -0.3 is 14.4 Å². The van der Waals surface area contributed by atoms with E-state index in [1.165, 1.54) is 5.56 Å². The predicted molar refractivity (Wildman–Crippen MR) is 100 cm³/mol. The van der Waals surface area contributed by atoms with E-state index in [0.717, 1.165) is 30.9 Å². The average Bonchev–Trinajstić information content (AvgIpc) is 2.67. The molecular weight excluding hydrogens is 328 g/mol. The van der Waals surface area contributed by atoms with Gasteiger partial charge in [0.25, 0.3) is 5.91 Å². The molecule has 0 spiro atoms. The minimum absolute atomic E-state index is 0.000893. The molecule has 5 nitrogen and oxygen atoms in total. The van der Waals surface area contributed by atoms with Gasteiger partial charge in [-0.05, 0) is 48.6 Å². The molecular formula is C21H26N2O3. The third-order valence-electron chi connectivity index (χ3n) is 4.59. The highest BCUT2D eigenvalue weighted by molar-refractivity contribution is 5.77. The number of carbonyl (C=O) groups excluding carboxylic acids is 1. The minimum atomic E-state index is 0.000893. The molecule has 1 saturated heterocycles. The Kier molecular flexibility index (Phi) is 6.10. The molecule has 0 aliphatic carbocycles. The lowest BCUT2D eigenvalue weighted by Crippen LogP contribution is -2.46. The average molecular weight is 354 g/mol. The molecule has 1 fully saturated rings. The summed E-state index contributed by atoms with van der Waals surface area (Å²) >= 11 is 0. The lowest BCUT2D eigenvalue weighted by atomic mass is 10.0. The van der Waals surface area contributed by atoms with Crippen LogP contribution in [0.4, 0.5) is 0 Å². The highest BCUT2D eigenvalue weighted by Crippen LogP contribution is 2.20. The van der Waals surface area contributed by atoms with Crippen molar-refractivity contribution in [2.75, 3.05) is 19.7 Å². The fraction of sp³-hybridized carbons (Fsp3) is 0.429. The van der Waals surface area contributed by atoms with Gasteiger partial charge in [0, 0.05) is 18.9 Å². The Morgan fingerprint density at radius 2 is 1.88 bits per heavy atom. The van der Waals surface area contributed by atoms with E-state index >= 15 is 0 Å². The van der Waals surface area contributed by atoms with Crippen LogP contribution >= 0.6 is 0 Å². The fourth-order valence-electron chi connectivity index (χ4n) is 3.06. The van der Waals surface area contributed by atoms with Gasteiger partial charge in [0.1, 0.15) is 17.6 Å². The normalized spacial score (nSPS) is 17.2. The van der Waals surface area contributed by atoms with Crippen LogP contribution in [0.1, 0.15) is 38.2 Å². The van der Waals surface area contributed by atoms with Gasteiger partial charge in [-0.3, -0.25) is 9.78 Å². The van der Waals surface area contributed by atoms with Crippen LogP contribution in [0.15, 0.2) is 48.8 Å². The van der Waals surface area contributed by atoms with Gasteiger partial charge in [-0.1, -0.05) is 26.0 Å². The summed E-state index contributed by atoms with van der Waals surface area (Å²) in [6, 6.07) is 11.6. The number of amides is 1. The number of benzene rings is 1. The lowest BCUT2D eigenvalue weighted by molar-refractivity contribution is -0.136. The molecule has 2 heterocycles. The van der Waals surface area contributed by atoms with E-state index in [2.05, 4.69) is 18.8 Å². The second kappa shape index (κ2) is 8.70. The van der Waals surface area contributed by atoms with Crippen LogP contribution in [-0.2, 0) is 4.79 Å². The minimum Gasteiger partial charge on any atom is -0.488 e. The Bertz CT molecular complexity index is 701. The Hall–Kier alpha value is -2.56. The van der Waals surface area contributed by atoms with Crippen molar-refractivity contribution in [3.05, 3.63) is 54.4 Å². The molecule has 1 aromatic carbocycles. The van der Waals surface area contributed by atoms with Crippen LogP contribution in [0.5, 0.6) is 11.5 Å². The van der Waals surface area contributed by atoms with Crippen LogP contribution in [0, 0.1) is 0 Å². The first kappa shape index (κ1) is 18.2. The zero-order valence-corrected chi connectivity index (χ0v) is 15.4. The van der Waals surface area contributed by atoms with E-state index in [0.29, 0.717) is 12.5 Å². The molecule has 138 valence electrons. The van der Waals surface area contributed by atoms with Gasteiger partial charge in [-0.15, -0.1) is 0 Å². The first-order valence-corrected chi connectivity index (χ1v) is 9.19. The summed E-state index contributed by atoms with van der Waals surface area (Å²) in [6.07, 6.45) is 5.31. The molecule has 5 heteroatoms. The number of piperidine rings is 1. The molecule has 26 heavy (non-hydrogen) atoms. The van der Waals surface area contributed by atoms with Crippen molar-refractivity contribution in [1.82, 2.24) is 9.88 Å². The van der Waals surface area contributed by atoms with Gasteiger partial charge in [0.2, 0.25) is 0 Å². The maximum Gasteiger partial charge on any atom is 0.260 e. The fourth-order valence-corrected chi connectivity index (χ4v) is 3.06. The van der Waals surface area contributed by atoms with E-state index in [1.54, 1.807) is 12.4 Å². The molecule has 1 aromatic heterocycles. The number of hydrogen-bond donors (Lipinski definition) is 0. The summed E-state index contributed by atoms with van der Waals surface area (Å²) in [5, 5.41) is 0. The molecule has 3 rings (SSSR count). The summed E-state index contributed by atoms with van der Waals surface area (Å²) in [6.45, 7) is 5.71. The van der Waals surface area contributed by atoms with Gasteiger partial charge >= 0.3 is 0 Å². The molecule has 1 atom stereocenters. The summed E-state index contributed by atoms with van der Waals surface area (Å²) < 4.78 is 11.6. The van der Waals surface area contributed by atoms with E-state index in [1.807, 2.05) is 41.3 Å². The number of carbonyl (C=O) groups is 1. The Balaban J connectivity index is 1.49. The smallest absolute Gasteiger partial charge is 0.260 e. The Labute approximate surface area is 155 Å². The maximum atomic E-state index is 12.5. The van der Waals surface area contributed by atoms with Crippen molar-refractivity contribution < 1.29 is 14.3 Å². The van der Waals surface area contributed by atoms with Crippen molar-refractivity contribution in [3.8, 4) is 11.5 Å². The highest BCUT2D eigenvalue weighted by Gasteiger charge is 2.25. The first-order valence-electron chi connectivity index (χ1n) is 9.19. The molecule has 2 aromatic rings. The van der Waals surface area contributed by atoms with Crippen LogP contribution < -0.4 is 9.47 Å². The molecule has 1 amide bonds. The van der Waals surface area contributed by atoms with E-state index in [-0.39, 0.29) is 18.6 Å². The monoisotopic (exact) mass is 354 g/mol. The molecule has 0 saturated carbocycles. The number of pyridine rings is 1. The predicted octanol–water partition coefficient (Wildman–Crippen LogP) is 3.65. The van der Waals surface area contributed by atoms with Crippen molar-refractivity contribution in [2.45, 2.75) is 38.7 Å². The van der Waals surface area contributed by atoms with Crippen LogP contribution in [0.2, 0.25) is 0 Å². The van der Waals surface area contributed by atoms with Gasteiger partial charge in [0.05, 0.1) is 6.54 Å². The number of aromatic nitrogens is 1. The van der Waals surface area contributed by atoms with Crippen molar-refractivity contribution in [1.29, 1.82) is 0 Å². The van der Waals surface area contributed by atoms with Crippen molar-refractivity contribution in [2.24, 2.45) is 0 Å². The molecule has 0 N–H and O–H groups in total. The summed E-state index contributed by atoms with van der Waals surface area (Å²) in [5.74, 6) is 2.00. The second-order valence-corrected chi connectivity index (χ2v) is 6.92. The molecule has 0 bridgehead atoms. The van der Waals surface area contributed by atoms with Crippen LogP contribution in [-0.4, -0.2) is 41.6 Å². The SMILES string of the molecule is CC(C)c1ccc(OCC(=O)N2CCCC(Oc3ccncc3)C2)cc1. The number of rotatable bonds is 6. The molecule has 0 radical (unpaired) electrons. The topological polar surface area (TPSA) is 51.7 Å². The highest BCUT2D eigenvalue weighted by atomic mass is 16.5. The van der Waals surface area contributed by atoms with Crippen LogP contribution in [0.25, 0.3) is 0 Å². The molecule has 1 aliphatic heterocycles. The Morgan fingerprint density at radius 1 is 1.15 bits per heavy atom. The second-order valence-electron chi connectivity index (χ2n) is 6.92. The molecule has 1 unspecified atom stereocenters. The van der Waals surface area contributed by atoms with E-state index in [9.17, 15) is 4.79 Å². The van der Waals surface area contributed by atoms with Gasteiger partial charge in [-0.25, -0.2) is 0 Å². The summed E-state index contributed by atoms with van der Waals surface area (Å²) in [5.41, 5.74) is 1.26. The summed E-state index contributed by atoms with van der Waals surface area (Å²) in [4.78, 5) is 18.3. The summed E-state index contributed by atoms with van der Waals surface area (Å²) in [7, 11) is 0. The van der Waals surface area contributed by atoms with Crippen LogP contribution in [0.3, 0.4) is 0 Å². The van der Waals surface area contributed by atoms with Crippen molar-refractivity contribution in [3.63, 3.8) is 0 Å². The zero-order chi connectivity index (χ0) is 18.4. The largest absolute Gasteiger partial charge is 0.488 e. The lowest BCUT2D eigenvalue weighted by Gasteiger charge is -2.32. The number of hydrogen-bond acceptors (Lipinski definition) is 4. The van der Waals surface area contributed by atoms with E-state index < -0.39 is 0 Å². The third kappa shape index (κ3) is 4.97.